The molecule has 4 N–H and O–H groups in total. The molecule has 2 aromatic rings. The van der Waals surface area contributed by atoms with Gasteiger partial charge in [-0.15, -0.1) is 0 Å². The molecule has 2 aromatic carbocycles. The van der Waals surface area contributed by atoms with Crippen molar-refractivity contribution in [3.05, 3.63) is 71.3 Å². The van der Waals surface area contributed by atoms with Crippen molar-refractivity contribution in [2.45, 2.75) is 6.42 Å². The molecule has 0 fully saturated rings. The molecular weight excluding hydrogens is 390 g/mol. The second-order valence-electron chi connectivity index (χ2n) is 6.25. The van der Waals surface area contributed by atoms with Crippen LogP contribution in [0.1, 0.15) is 37.5 Å². The summed E-state index contributed by atoms with van der Waals surface area (Å²) in [5, 5.41) is 34.5. The Morgan fingerprint density at radius 3 is 1.60 bits per heavy atom. The first-order chi connectivity index (χ1) is 14.4. The van der Waals surface area contributed by atoms with E-state index >= 15 is 0 Å². The summed E-state index contributed by atoms with van der Waals surface area (Å²) < 4.78 is 0. The molecule has 162 valence electrons. The fraction of sp³-hybridized carbons (Fsp3) is 0.318. The quantitative estimate of drug-likeness (QED) is 0.315. The second-order valence-corrected chi connectivity index (χ2v) is 6.25. The van der Waals surface area contributed by atoms with E-state index in [0.717, 1.165) is 0 Å². The van der Waals surface area contributed by atoms with E-state index in [-0.39, 0.29) is 43.2 Å². The number of nitrogens with zero attached hydrogens (tertiary/aromatic N) is 1. The van der Waals surface area contributed by atoms with Crippen LogP contribution in [0, 0.1) is 0 Å². The highest BCUT2D eigenvalue weighted by molar-refractivity contribution is 6.16. The van der Waals surface area contributed by atoms with Crippen LogP contribution < -0.4 is 0 Å². The molecule has 8 heteroatoms. The van der Waals surface area contributed by atoms with Crippen molar-refractivity contribution in [2.24, 2.45) is 0 Å². The van der Waals surface area contributed by atoms with Crippen molar-refractivity contribution in [3.63, 3.8) is 0 Å². The van der Waals surface area contributed by atoms with E-state index in [1.807, 2.05) is 0 Å². The number of hydrogen-bond donors (Lipinski definition) is 4. The van der Waals surface area contributed by atoms with Crippen LogP contribution in [0.25, 0.3) is 0 Å². The molecule has 0 spiro atoms. The normalized spacial score (nSPS) is 10.3. The predicted molar refractivity (Wildman–Crippen MR) is 111 cm³/mol. The van der Waals surface area contributed by atoms with E-state index in [1.54, 1.807) is 47.4 Å². The van der Waals surface area contributed by atoms with E-state index in [2.05, 4.69) is 0 Å². The third-order valence-electron chi connectivity index (χ3n) is 4.12. The first kappa shape index (κ1) is 25.1. The van der Waals surface area contributed by atoms with Gasteiger partial charge in [-0.2, -0.15) is 0 Å². The lowest BCUT2D eigenvalue weighted by molar-refractivity contribution is 0.0690. The van der Waals surface area contributed by atoms with Gasteiger partial charge >= 0.3 is 5.97 Å². The zero-order valence-corrected chi connectivity index (χ0v) is 16.6. The van der Waals surface area contributed by atoms with E-state index in [1.165, 1.54) is 12.1 Å². The van der Waals surface area contributed by atoms with Crippen LogP contribution in [0.15, 0.2) is 54.6 Å². The summed E-state index contributed by atoms with van der Waals surface area (Å²) in [6.07, 6.45) is -0.339. The highest BCUT2D eigenvalue weighted by Gasteiger charge is 2.19. The second kappa shape index (κ2) is 14.1. The highest BCUT2D eigenvalue weighted by atomic mass is 16.4. The van der Waals surface area contributed by atoms with Crippen molar-refractivity contribution < 1.29 is 34.8 Å². The average molecular weight is 417 g/mol. The summed E-state index contributed by atoms with van der Waals surface area (Å²) in [6.45, 7) is 1.75. The molecule has 0 saturated heterocycles. The van der Waals surface area contributed by atoms with Gasteiger partial charge in [-0.05, 0) is 6.07 Å². The molecule has 0 bridgehead atoms. The number of rotatable bonds is 11. The largest absolute Gasteiger partial charge is 0.478 e. The molecule has 2 rings (SSSR count). The van der Waals surface area contributed by atoms with Gasteiger partial charge in [0.05, 0.1) is 31.8 Å². The summed E-state index contributed by atoms with van der Waals surface area (Å²) in [5.41, 5.74) is 0.413. The third kappa shape index (κ3) is 8.62. The van der Waals surface area contributed by atoms with Crippen LogP contribution in [-0.4, -0.2) is 82.3 Å². The maximum absolute atomic E-state index is 12.1. The number of aliphatic hydroxyl groups excluding tert-OH is 3. The van der Waals surface area contributed by atoms with Crippen molar-refractivity contribution >= 4 is 17.5 Å². The van der Waals surface area contributed by atoms with Crippen LogP contribution in [0.2, 0.25) is 0 Å². The van der Waals surface area contributed by atoms with Crippen molar-refractivity contribution in [2.75, 3.05) is 39.5 Å². The number of carboxylic acid groups (broad SMARTS) is 1. The van der Waals surface area contributed by atoms with Gasteiger partial charge in [0.15, 0.2) is 11.6 Å². The smallest absolute Gasteiger partial charge is 0.336 e. The molecule has 0 radical (unpaired) electrons. The number of hydrogen-bond acceptors (Lipinski definition) is 7. The fourth-order valence-electron chi connectivity index (χ4n) is 2.64. The van der Waals surface area contributed by atoms with Crippen LogP contribution in [-0.2, 0) is 0 Å². The van der Waals surface area contributed by atoms with Gasteiger partial charge in [0.25, 0.3) is 0 Å². The monoisotopic (exact) mass is 417 g/mol. The third-order valence-corrected chi connectivity index (χ3v) is 4.12. The molecule has 0 atom stereocenters. The Hall–Kier alpha value is -2.91. The fourth-order valence-corrected chi connectivity index (χ4v) is 2.64. The van der Waals surface area contributed by atoms with Crippen LogP contribution in [0.4, 0.5) is 0 Å². The summed E-state index contributed by atoms with van der Waals surface area (Å²) in [4.78, 5) is 36.8. The zero-order chi connectivity index (χ0) is 22.4. The highest BCUT2D eigenvalue weighted by Crippen LogP contribution is 2.13. The molecule has 0 aliphatic rings. The van der Waals surface area contributed by atoms with Gasteiger partial charge < -0.3 is 20.4 Å². The number of aromatic carboxylic acids is 1. The summed E-state index contributed by atoms with van der Waals surface area (Å²) in [7, 11) is 0. The lowest BCUT2D eigenvalue weighted by Gasteiger charge is -2.17. The maximum atomic E-state index is 12.1. The van der Waals surface area contributed by atoms with Crippen molar-refractivity contribution in [1.82, 2.24) is 4.90 Å². The van der Waals surface area contributed by atoms with Crippen LogP contribution in [0.3, 0.4) is 0 Å². The topological polar surface area (TPSA) is 135 Å². The van der Waals surface area contributed by atoms with E-state index in [0.29, 0.717) is 25.2 Å². The Balaban J connectivity index is 0.000000382. The number of carbonyl (C=O) groups is 3. The van der Waals surface area contributed by atoms with Gasteiger partial charge in [0, 0.05) is 30.8 Å². The molecule has 30 heavy (non-hydrogen) atoms. The number of carboxylic acids is 1. The minimum Gasteiger partial charge on any atom is -0.478 e. The van der Waals surface area contributed by atoms with Crippen LogP contribution in [0.5, 0.6) is 0 Å². The molecule has 0 unspecified atom stereocenters. The first-order valence-electron chi connectivity index (χ1n) is 9.43. The van der Waals surface area contributed by atoms with Gasteiger partial charge in [-0.1, -0.05) is 48.5 Å². The lowest BCUT2D eigenvalue weighted by Crippen LogP contribution is -2.32. The SMILES string of the molecule is O=C(CC(=O)c1ccccc1C(=O)O)c1ccccc1.OCCN(CCO)CCO. The van der Waals surface area contributed by atoms with Crippen molar-refractivity contribution in [3.8, 4) is 0 Å². The van der Waals surface area contributed by atoms with E-state index in [4.69, 9.17) is 20.4 Å². The maximum Gasteiger partial charge on any atom is 0.336 e. The standard InChI is InChI=1S/C16H12O4.C6H15NO3/c17-14(11-6-2-1-3-7-11)10-15(18)12-8-4-5-9-13(12)16(19)20;8-4-1-7(2-5-9)3-6-10/h1-9H,10H2,(H,19,20);8-10H,1-6H2. The Bertz CT molecular complexity index is 794. The van der Waals surface area contributed by atoms with E-state index < -0.39 is 11.8 Å². The minimum absolute atomic E-state index is 0.0595. The zero-order valence-electron chi connectivity index (χ0n) is 16.6. The first-order valence-corrected chi connectivity index (χ1v) is 9.43. The van der Waals surface area contributed by atoms with Crippen LogP contribution >= 0.6 is 0 Å². The van der Waals surface area contributed by atoms with Gasteiger partial charge in [-0.25, -0.2) is 4.79 Å². The molecule has 0 amide bonds. The lowest BCUT2D eigenvalue weighted by atomic mass is 9.98. The number of carbonyl (C=O) groups excluding carboxylic acids is 2. The number of aliphatic hydroxyl groups is 3. The van der Waals surface area contributed by atoms with Crippen molar-refractivity contribution in [1.29, 1.82) is 0 Å². The minimum atomic E-state index is -1.18. The summed E-state index contributed by atoms with van der Waals surface area (Å²) in [6, 6.07) is 14.3. The molecule has 0 aliphatic heterocycles. The molecular formula is C22H27NO7. The summed E-state index contributed by atoms with van der Waals surface area (Å²) >= 11 is 0. The van der Waals surface area contributed by atoms with Gasteiger partial charge in [0.2, 0.25) is 0 Å². The molecule has 0 aliphatic carbocycles. The average Bonchev–Trinajstić information content (AvgIpc) is 2.75. The number of benzene rings is 2. The summed E-state index contributed by atoms with van der Waals surface area (Å²) in [5.74, 6) is -1.99. The van der Waals surface area contributed by atoms with Gasteiger partial charge in [0.1, 0.15) is 0 Å². The molecule has 0 saturated carbocycles. The van der Waals surface area contributed by atoms with E-state index in [9.17, 15) is 14.4 Å². The number of Topliss-reactive ketones (excluding diaryl/α,β-unsaturated/α-hetero) is 2. The Labute approximate surface area is 175 Å². The predicted octanol–water partition coefficient (Wildman–Crippen LogP) is 1.11. The Kier molecular flexibility index (Phi) is 11.8. The number of ketones is 2. The van der Waals surface area contributed by atoms with Gasteiger partial charge in [-0.3, -0.25) is 14.5 Å². The Morgan fingerprint density at radius 1 is 0.667 bits per heavy atom. The molecule has 0 aromatic heterocycles. The molecule has 0 heterocycles. The molecule has 8 nitrogen and oxygen atoms in total. The Morgan fingerprint density at radius 2 is 1.13 bits per heavy atom.